The van der Waals surface area contributed by atoms with E-state index in [2.05, 4.69) is 30.2 Å². The molecule has 1 unspecified atom stereocenters. The van der Waals surface area contributed by atoms with Gasteiger partial charge in [-0.1, -0.05) is 0 Å². The largest absolute Gasteiger partial charge is 0.330 e. The molecule has 1 atom stereocenters. The van der Waals surface area contributed by atoms with E-state index < -0.39 is 0 Å². The summed E-state index contributed by atoms with van der Waals surface area (Å²) in [5.74, 6) is 1.69. The van der Waals surface area contributed by atoms with Gasteiger partial charge in [-0.2, -0.15) is 0 Å². The van der Waals surface area contributed by atoms with Gasteiger partial charge in [0, 0.05) is 37.4 Å². The van der Waals surface area contributed by atoms with Gasteiger partial charge in [0.2, 0.25) is 5.95 Å². The second kappa shape index (κ2) is 7.45. The van der Waals surface area contributed by atoms with Crippen LogP contribution in [0.4, 0.5) is 11.8 Å². The van der Waals surface area contributed by atoms with E-state index >= 15 is 0 Å². The van der Waals surface area contributed by atoms with Gasteiger partial charge in [0.05, 0.1) is 17.3 Å². The van der Waals surface area contributed by atoms with Crippen LogP contribution < -0.4 is 5.32 Å². The topological polar surface area (TPSA) is 96.8 Å². The molecule has 0 aliphatic carbocycles. The Morgan fingerprint density at radius 2 is 2.04 bits per heavy atom. The molecular weight excluding hydrogens is 342 g/mol. The Morgan fingerprint density at radius 1 is 1.19 bits per heavy atom. The molecule has 27 heavy (non-hydrogen) atoms. The molecule has 0 radical (unpaired) electrons. The third-order valence-corrected chi connectivity index (χ3v) is 4.43. The average Bonchev–Trinajstić information content (AvgIpc) is 3.18. The second-order valence-corrected chi connectivity index (χ2v) is 6.32. The van der Waals surface area contributed by atoms with Crippen LogP contribution in [0, 0.1) is 6.92 Å². The van der Waals surface area contributed by atoms with E-state index in [0.717, 1.165) is 18.5 Å². The van der Waals surface area contributed by atoms with E-state index in [1.807, 2.05) is 17.9 Å². The van der Waals surface area contributed by atoms with Gasteiger partial charge in [0.15, 0.2) is 0 Å². The lowest BCUT2D eigenvalue weighted by Gasteiger charge is -2.24. The fourth-order valence-corrected chi connectivity index (χ4v) is 3.28. The zero-order valence-electron chi connectivity index (χ0n) is 14.9. The number of amides is 1. The molecule has 0 spiro atoms. The smallest absolute Gasteiger partial charge is 0.255 e. The molecule has 8 heteroatoms. The number of carbonyl (C=O) groups excluding carboxylic acids is 1. The van der Waals surface area contributed by atoms with Crippen LogP contribution in [-0.2, 0) is 0 Å². The molecule has 0 aromatic carbocycles. The van der Waals surface area contributed by atoms with Gasteiger partial charge < -0.3 is 10.2 Å². The van der Waals surface area contributed by atoms with Crippen LogP contribution in [0.3, 0.4) is 0 Å². The van der Waals surface area contributed by atoms with Crippen molar-refractivity contribution in [1.82, 2.24) is 29.8 Å². The SMILES string of the molecule is Cc1nc(Nc2ncccn2)cc(C2CCCN2C(=O)c2cccnc2)n1. The molecule has 1 saturated heterocycles. The Kier molecular flexibility index (Phi) is 4.69. The first-order chi connectivity index (χ1) is 13.2. The molecule has 1 fully saturated rings. The molecule has 0 bridgehead atoms. The predicted molar refractivity (Wildman–Crippen MR) is 99.3 cm³/mol. The zero-order valence-corrected chi connectivity index (χ0v) is 14.9. The number of aryl methyl sites for hydroxylation is 1. The summed E-state index contributed by atoms with van der Waals surface area (Å²) in [5.41, 5.74) is 1.40. The second-order valence-electron chi connectivity index (χ2n) is 6.32. The zero-order chi connectivity index (χ0) is 18.6. The van der Waals surface area contributed by atoms with Crippen LogP contribution in [0.5, 0.6) is 0 Å². The van der Waals surface area contributed by atoms with Gasteiger partial charge in [0.25, 0.3) is 5.91 Å². The highest BCUT2D eigenvalue weighted by atomic mass is 16.2. The van der Waals surface area contributed by atoms with Crippen LogP contribution in [0.2, 0.25) is 0 Å². The summed E-state index contributed by atoms with van der Waals surface area (Å²) in [7, 11) is 0. The minimum Gasteiger partial charge on any atom is -0.330 e. The fraction of sp³-hybridized carbons (Fsp3) is 0.263. The van der Waals surface area contributed by atoms with Gasteiger partial charge in [-0.3, -0.25) is 9.78 Å². The first-order valence-electron chi connectivity index (χ1n) is 8.81. The highest BCUT2D eigenvalue weighted by Crippen LogP contribution is 2.33. The number of nitrogens with zero attached hydrogens (tertiary/aromatic N) is 6. The molecule has 1 N–H and O–H groups in total. The number of anilines is 2. The predicted octanol–water partition coefficient (Wildman–Crippen LogP) is 2.69. The van der Waals surface area contributed by atoms with E-state index in [1.165, 1.54) is 0 Å². The van der Waals surface area contributed by atoms with Gasteiger partial charge in [-0.25, -0.2) is 19.9 Å². The number of carbonyl (C=O) groups is 1. The molecule has 3 aromatic rings. The van der Waals surface area contributed by atoms with Crippen molar-refractivity contribution >= 4 is 17.7 Å². The summed E-state index contributed by atoms with van der Waals surface area (Å²) >= 11 is 0. The van der Waals surface area contributed by atoms with Crippen LogP contribution in [0.25, 0.3) is 0 Å². The molecule has 8 nitrogen and oxygen atoms in total. The summed E-state index contributed by atoms with van der Waals surface area (Å²) in [6, 6.07) is 7.09. The number of hydrogen-bond donors (Lipinski definition) is 1. The lowest BCUT2D eigenvalue weighted by molar-refractivity contribution is 0.0732. The lowest BCUT2D eigenvalue weighted by atomic mass is 10.1. The fourth-order valence-electron chi connectivity index (χ4n) is 3.28. The highest BCUT2D eigenvalue weighted by molar-refractivity contribution is 5.94. The lowest BCUT2D eigenvalue weighted by Crippen LogP contribution is -2.31. The molecule has 1 amide bonds. The molecule has 1 aliphatic rings. The maximum Gasteiger partial charge on any atom is 0.255 e. The first kappa shape index (κ1) is 17.0. The Hall–Kier alpha value is -3.42. The number of nitrogens with one attached hydrogen (secondary N) is 1. The first-order valence-corrected chi connectivity index (χ1v) is 8.81. The van der Waals surface area contributed by atoms with Gasteiger partial charge >= 0.3 is 0 Å². The number of hydrogen-bond acceptors (Lipinski definition) is 7. The number of aromatic nitrogens is 5. The molecule has 4 heterocycles. The van der Waals surface area contributed by atoms with Crippen molar-refractivity contribution in [2.24, 2.45) is 0 Å². The molecular formula is C19H19N7O. The van der Waals surface area contributed by atoms with Crippen LogP contribution in [-0.4, -0.2) is 42.3 Å². The maximum absolute atomic E-state index is 12.9. The summed E-state index contributed by atoms with van der Waals surface area (Å²) in [6.45, 7) is 2.54. The average molecular weight is 361 g/mol. The van der Waals surface area contributed by atoms with Crippen molar-refractivity contribution in [3.8, 4) is 0 Å². The van der Waals surface area contributed by atoms with E-state index in [-0.39, 0.29) is 11.9 Å². The van der Waals surface area contributed by atoms with Crippen LogP contribution in [0.15, 0.2) is 49.1 Å². The van der Waals surface area contributed by atoms with E-state index in [1.54, 1.807) is 43.0 Å². The van der Waals surface area contributed by atoms with Crippen molar-refractivity contribution in [2.45, 2.75) is 25.8 Å². The molecule has 1 aliphatic heterocycles. The molecule has 136 valence electrons. The Morgan fingerprint density at radius 3 is 2.81 bits per heavy atom. The third-order valence-electron chi connectivity index (χ3n) is 4.43. The summed E-state index contributed by atoms with van der Waals surface area (Å²) < 4.78 is 0. The Labute approximate surface area is 156 Å². The van der Waals surface area contributed by atoms with Crippen molar-refractivity contribution in [3.05, 3.63) is 66.1 Å². The maximum atomic E-state index is 12.9. The summed E-state index contributed by atoms with van der Waals surface area (Å²) in [5, 5.41) is 3.10. The van der Waals surface area contributed by atoms with E-state index in [4.69, 9.17) is 0 Å². The number of pyridine rings is 1. The van der Waals surface area contributed by atoms with Gasteiger partial charge in [0.1, 0.15) is 11.6 Å². The van der Waals surface area contributed by atoms with Gasteiger partial charge in [-0.05, 0) is 38.0 Å². The van der Waals surface area contributed by atoms with Crippen LogP contribution in [0.1, 0.15) is 40.8 Å². The van der Waals surface area contributed by atoms with Crippen molar-refractivity contribution in [2.75, 3.05) is 11.9 Å². The van der Waals surface area contributed by atoms with Gasteiger partial charge in [-0.15, -0.1) is 0 Å². The van der Waals surface area contributed by atoms with Crippen molar-refractivity contribution < 1.29 is 4.79 Å². The summed E-state index contributed by atoms with van der Waals surface area (Å²) in [6.07, 6.45) is 8.39. The van der Waals surface area contributed by atoms with E-state index in [0.29, 0.717) is 29.7 Å². The summed E-state index contributed by atoms with van der Waals surface area (Å²) in [4.78, 5) is 36.1. The monoisotopic (exact) mass is 361 g/mol. The normalized spacial score (nSPS) is 16.3. The molecule has 3 aromatic heterocycles. The molecule has 0 saturated carbocycles. The number of rotatable bonds is 4. The van der Waals surface area contributed by atoms with Crippen molar-refractivity contribution in [3.63, 3.8) is 0 Å². The van der Waals surface area contributed by atoms with E-state index in [9.17, 15) is 4.79 Å². The minimum absolute atomic E-state index is 0.0252. The third kappa shape index (κ3) is 3.74. The Balaban J connectivity index is 1.61. The highest BCUT2D eigenvalue weighted by Gasteiger charge is 2.32. The standard InChI is InChI=1S/C19H19N7O/c1-13-23-15(11-17(24-13)25-19-21-8-4-9-22-19)16-6-3-10-26(16)18(27)14-5-2-7-20-12-14/h2,4-5,7-9,11-12,16H,3,6,10H2,1H3,(H,21,22,23,24,25). The number of likely N-dealkylation sites (tertiary alicyclic amines) is 1. The Bertz CT molecular complexity index is 933. The van der Waals surface area contributed by atoms with Crippen molar-refractivity contribution in [1.29, 1.82) is 0 Å². The van der Waals surface area contributed by atoms with Crippen LogP contribution >= 0.6 is 0 Å². The quantitative estimate of drug-likeness (QED) is 0.763. The molecule has 4 rings (SSSR count). The minimum atomic E-state index is -0.0864.